The molecule has 8 heteroatoms. The van der Waals surface area contributed by atoms with Crippen LogP contribution in [0.5, 0.6) is 0 Å². The van der Waals surface area contributed by atoms with E-state index in [0.29, 0.717) is 18.0 Å². The summed E-state index contributed by atoms with van der Waals surface area (Å²) in [5.74, 6) is -0.587. The Morgan fingerprint density at radius 1 is 1.33 bits per heavy atom. The van der Waals surface area contributed by atoms with Crippen molar-refractivity contribution >= 4 is 33.4 Å². The van der Waals surface area contributed by atoms with Gasteiger partial charge in [-0.05, 0) is 50.6 Å². The van der Waals surface area contributed by atoms with Crippen molar-refractivity contribution in [2.24, 2.45) is 0 Å². The van der Waals surface area contributed by atoms with Crippen LogP contribution in [0.25, 0.3) is 15.9 Å². The Morgan fingerprint density at radius 3 is 2.81 bits per heavy atom. The highest BCUT2D eigenvalue weighted by Crippen LogP contribution is 2.31. The molecule has 27 heavy (non-hydrogen) atoms. The molecule has 0 unspecified atom stereocenters. The summed E-state index contributed by atoms with van der Waals surface area (Å²) in [6.45, 7) is 4.75. The van der Waals surface area contributed by atoms with E-state index in [9.17, 15) is 14.0 Å². The summed E-state index contributed by atoms with van der Waals surface area (Å²) in [4.78, 5) is 28.1. The van der Waals surface area contributed by atoms with E-state index in [2.05, 4.69) is 10.4 Å². The number of aromatic nitrogens is 2. The second-order valence-corrected chi connectivity index (χ2v) is 7.65. The Balaban J connectivity index is 1.73. The summed E-state index contributed by atoms with van der Waals surface area (Å²) in [7, 11) is 0. The number of rotatable bonds is 2. The van der Waals surface area contributed by atoms with Crippen LogP contribution in [0.4, 0.5) is 4.39 Å². The minimum absolute atomic E-state index is 0.129. The van der Waals surface area contributed by atoms with Crippen LogP contribution in [-0.4, -0.2) is 45.6 Å². The highest BCUT2D eigenvalue weighted by atomic mass is 32.1. The topological polar surface area (TPSA) is 67.2 Å². The van der Waals surface area contributed by atoms with Crippen LogP contribution in [-0.2, 0) is 4.79 Å². The van der Waals surface area contributed by atoms with E-state index in [-0.39, 0.29) is 17.6 Å². The van der Waals surface area contributed by atoms with Gasteiger partial charge >= 0.3 is 0 Å². The molecule has 1 atom stereocenters. The molecule has 2 aromatic heterocycles. The third kappa shape index (κ3) is 3.10. The van der Waals surface area contributed by atoms with Crippen molar-refractivity contribution in [1.29, 1.82) is 0 Å². The summed E-state index contributed by atoms with van der Waals surface area (Å²) in [5.41, 5.74) is 1.53. The monoisotopic (exact) mass is 386 g/mol. The average molecular weight is 386 g/mol. The van der Waals surface area contributed by atoms with Gasteiger partial charge in [-0.1, -0.05) is 0 Å². The predicted octanol–water partition coefficient (Wildman–Crippen LogP) is 2.89. The minimum Gasteiger partial charge on any atom is -0.354 e. The first-order valence-corrected chi connectivity index (χ1v) is 9.61. The number of hydrogen-bond donors (Lipinski definition) is 1. The Hall–Kier alpha value is -2.74. The molecular formula is C19H19FN4O2S. The van der Waals surface area contributed by atoms with E-state index in [0.717, 1.165) is 28.0 Å². The molecule has 0 radical (unpaired) electrons. The fourth-order valence-electron chi connectivity index (χ4n) is 3.27. The third-order valence-corrected chi connectivity index (χ3v) is 5.91. The molecule has 1 N–H and O–H groups in total. The molecule has 0 spiro atoms. The van der Waals surface area contributed by atoms with Gasteiger partial charge in [0.25, 0.3) is 5.91 Å². The molecule has 2 amide bonds. The van der Waals surface area contributed by atoms with E-state index in [1.807, 2.05) is 13.0 Å². The zero-order valence-corrected chi connectivity index (χ0v) is 15.8. The van der Waals surface area contributed by atoms with E-state index < -0.39 is 6.04 Å². The SMILES string of the molecule is Cc1nn(-c2ccc(F)cc2)c2sc(C(=O)N3CCCNC(=O)[C@@H]3C)cc12. The van der Waals surface area contributed by atoms with Gasteiger partial charge in [-0.2, -0.15) is 5.10 Å². The van der Waals surface area contributed by atoms with Crippen molar-refractivity contribution in [1.82, 2.24) is 20.0 Å². The normalized spacial score (nSPS) is 17.8. The molecule has 1 aliphatic heterocycles. The second kappa shape index (κ2) is 6.77. The van der Waals surface area contributed by atoms with Crippen LogP contribution in [0.15, 0.2) is 30.3 Å². The van der Waals surface area contributed by atoms with Gasteiger partial charge in [0, 0.05) is 18.5 Å². The van der Waals surface area contributed by atoms with Gasteiger partial charge in [0.15, 0.2) is 0 Å². The molecule has 0 saturated carbocycles. The molecule has 0 aliphatic carbocycles. The lowest BCUT2D eigenvalue weighted by Gasteiger charge is -2.24. The number of thiophene rings is 1. The van der Waals surface area contributed by atoms with Gasteiger partial charge in [0.05, 0.1) is 16.3 Å². The average Bonchev–Trinajstić information content (AvgIpc) is 3.17. The number of nitrogens with one attached hydrogen (secondary N) is 1. The van der Waals surface area contributed by atoms with Crippen LogP contribution in [0, 0.1) is 12.7 Å². The fraction of sp³-hybridized carbons (Fsp3) is 0.316. The molecule has 140 valence electrons. The zero-order chi connectivity index (χ0) is 19.1. The zero-order valence-electron chi connectivity index (χ0n) is 15.0. The van der Waals surface area contributed by atoms with Gasteiger partial charge in [-0.15, -0.1) is 11.3 Å². The number of nitrogens with zero attached hydrogens (tertiary/aromatic N) is 3. The number of benzene rings is 1. The van der Waals surface area contributed by atoms with Crippen molar-refractivity contribution in [3.63, 3.8) is 0 Å². The van der Waals surface area contributed by atoms with E-state index in [1.54, 1.807) is 28.6 Å². The maximum Gasteiger partial charge on any atom is 0.264 e. The molecule has 3 aromatic rings. The van der Waals surface area contributed by atoms with Gasteiger partial charge in [0.2, 0.25) is 5.91 Å². The van der Waals surface area contributed by atoms with Gasteiger partial charge in [-0.25, -0.2) is 9.07 Å². The number of hydrogen-bond acceptors (Lipinski definition) is 4. The first-order chi connectivity index (χ1) is 13.0. The highest BCUT2D eigenvalue weighted by Gasteiger charge is 2.30. The standard InChI is InChI=1S/C19H19FN4O2S/c1-11-15-10-16(18(26)23-9-3-8-21-17(25)12(23)2)27-19(15)24(22-11)14-6-4-13(20)5-7-14/h4-7,10,12H,3,8-9H2,1-2H3,(H,21,25)/t12-/m0/s1. The van der Waals surface area contributed by atoms with Crippen LogP contribution >= 0.6 is 11.3 Å². The second-order valence-electron chi connectivity index (χ2n) is 6.62. The minimum atomic E-state index is -0.500. The molecule has 1 aliphatic rings. The molecule has 0 bridgehead atoms. The Morgan fingerprint density at radius 2 is 2.07 bits per heavy atom. The molecule has 1 saturated heterocycles. The van der Waals surface area contributed by atoms with Crippen molar-refractivity contribution in [3.05, 3.63) is 46.7 Å². The summed E-state index contributed by atoms with van der Waals surface area (Å²) in [6.07, 6.45) is 0.731. The quantitative estimate of drug-likeness (QED) is 0.736. The smallest absolute Gasteiger partial charge is 0.264 e. The van der Waals surface area contributed by atoms with E-state index in [4.69, 9.17) is 0 Å². The number of carbonyl (C=O) groups is 2. The van der Waals surface area contributed by atoms with E-state index in [1.165, 1.54) is 23.5 Å². The number of aryl methyl sites for hydroxylation is 1. The molecule has 3 heterocycles. The van der Waals surface area contributed by atoms with Gasteiger partial charge < -0.3 is 10.2 Å². The van der Waals surface area contributed by atoms with E-state index >= 15 is 0 Å². The number of amides is 2. The Kier molecular flexibility index (Phi) is 4.43. The molecular weight excluding hydrogens is 367 g/mol. The fourth-order valence-corrected chi connectivity index (χ4v) is 4.41. The van der Waals surface area contributed by atoms with Crippen LogP contribution in [0.3, 0.4) is 0 Å². The number of halogens is 1. The lowest BCUT2D eigenvalue weighted by atomic mass is 10.2. The largest absolute Gasteiger partial charge is 0.354 e. The Bertz CT molecular complexity index is 1020. The third-order valence-electron chi connectivity index (χ3n) is 4.81. The number of carbonyl (C=O) groups excluding carboxylic acids is 2. The van der Waals surface area contributed by atoms with Gasteiger partial charge in [0.1, 0.15) is 16.7 Å². The molecule has 6 nitrogen and oxygen atoms in total. The first kappa shape index (κ1) is 17.7. The van der Waals surface area contributed by atoms with Gasteiger partial charge in [-0.3, -0.25) is 9.59 Å². The number of fused-ring (bicyclic) bond motifs is 1. The van der Waals surface area contributed by atoms with Crippen LogP contribution < -0.4 is 5.32 Å². The maximum atomic E-state index is 13.2. The van der Waals surface area contributed by atoms with Crippen molar-refractivity contribution in [2.75, 3.05) is 13.1 Å². The summed E-state index contributed by atoms with van der Waals surface area (Å²) >= 11 is 1.34. The van der Waals surface area contributed by atoms with Crippen molar-refractivity contribution < 1.29 is 14.0 Å². The Labute approximate surface area is 159 Å². The summed E-state index contributed by atoms with van der Waals surface area (Å²) in [6, 6.07) is 7.41. The molecule has 1 fully saturated rings. The summed E-state index contributed by atoms with van der Waals surface area (Å²) in [5, 5.41) is 8.23. The molecule has 1 aromatic carbocycles. The lowest BCUT2D eigenvalue weighted by molar-refractivity contribution is -0.124. The molecule has 4 rings (SSSR count). The van der Waals surface area contributed by atoms with Crippen molar-refractivity contribution in [3.8, 4) is 5.69 Å². The highest BCUT2D eigenvalue weighted by molar-refractivity contribution is 7.20. The first-order valence-electron chi connectivity index (χ1n) is 8.79. The van der Waals surface area contributed by atoms with Crippen LogP contribution in [0.2, 0.25) is 0 Å². The van der Waals surface area contributed by atoms with Crippen molar-refractivity contribution in [2.45, 2.75) is 26.3 Å². The lowest BCUT2D eigenvalue weighted by Crippen LogP contribution is -2.45. The van der Waals surface area contributed by atoms with Crippen LogP contribution in [0.1, 0.15) is 28.7 Å². The maximum absolute atomic E-state index is 13.2. The predicted molar refractivity (Wildman–Crippen MR) is 102 cm³/mol. The summed E-state index contributed by atoms with van der Waals surface area (Å²) < 4.78 is 15.0.